The summed E-state index contributed by atoms with van der Waals surface area (Å²) in [5.74, 6) is -0.202. The molecule has 0 heterocycles. The molecule has 2 amide bonds. The number of urea groups is 1. The van der Waals surface area contributed by atoms with E-state index >= 15 is 0 Å². The number of nitrogens with one attached hydrogen (secondary N) is 2. The molecule has 0 aliphatic heterocycles. The van der Waals surface area contributed by atoms with E-state index in [2.05, 4.69) is 10.6 Å². The van der Waals surface area contributed by atoms with Gasteiger partial charge in [0.1, 0.15) is 5.75 Å². The van der Waals surface area contributed by atoms with Gasteiger partial charge in [0.15, 0.2) is 0 Å². The highest BCUT2D eigenvalue weighted by Gasteiger charge is 2.21. The highest BCUT2D eigenvalue weighted by atomic mass is 16.5. The van der Waals surface area contributed by atoms with Crippen LogP contribution in [0, 0.1) is 0 Å². The molecule has 1 rings (SSSR count). The molecule has 1 aromatic rings. The zero-order valence-corrected chi connectivity index (χ0v) is 13.5. The van der Waals surface area contributed by atoms with Crippen LogP contribution in [0.15, 0.2) is 24.3 Å². The lowest BCUT2D eigenvalue weighted by molar-refractivity contribution is -0.137. The number of carbonyl (C=O) groups is 2. The SMILES string of the molecule is CC(C)Oc1cccc(NC(=O)NC(C)(C)CCC(=O)O)c1. The first kappa shape index (κ1) is 17.8. The number of hydrogen-bond acceptors (Lipinski definition) is 3. The first-order chi connectivity index (χ1) is 10.2. The molecule has 0 aliphatic rings. The second kappa shape index (κ2) is 7.68. The van der Waals surface area contributed by atoms with Crippen molar-refractivity contribution >= 4 is 17.7 Å². The van der Waals surface area contributed by atoms with Gasteiger partial charge in [0.2, 0.25) is 0 Å². The average Bonchev–Trinajstić information content (AvgIpc) is 2.35. The number of aliphatic carboxylic acids is 1. The number of rotatable bonds is 7. The van der Waals surface area contributed by atoms with Gasteiger partial charge in [0, 0.05) is 23.7 Å². The Morgan fingerprint density at radius 2 is 2.00 bits per heavy atom. The number of hydrogen-bond donors (Lipinski definition) is 3. The van der Waals surface area contributed by atoms with Crippen molar-refractivity contribution in [1.29, 1.82) is 0 Å². The van der Waals surface area contributed by atoms with Gasteiger partial charge in [-0.05, 0) is 46.2 Å². The minimum Gasteiger partial charge on any atom is -0.491 e. The van der Waals surface area contributed by atoms with E-state index in [1.807, 2.05) is 19.9 Å². The molecule has 3 N–H and O–H groups in total. The monoisotopic (exact) mass is 308 g/mol. The quantitative estimate of drug-likeness (QED) is 0.721. The maximum Gasteiger partial charge on any atom is 0.319 e. The van der Waals surface area contributed by atoms with Crippen molar-refractivity contribution in [2.45, 2.75) is 52.2 Å². The fourth-order valence-electron chi connectivity index (χ4n) is 1.87. The molecule has 122 valence electrons. The van der Waals surface area contributed by atoms with Crippen LogP contribution in [0.1, 0.15) is 40.5 Å². The Hall–Kier alpha value is -2.24. The van der Waals surface area contributed by atoms with Gasteiger partial charge in [-0.25, -0.2) is 4.79 Å². The van der Waals surface area contributed by atoms with Gasteiger partial charge in [-0.15, -0.1) is 0 Å². The minimum atomic E-state index is -0.881. The molecular weight excluding hydrogens is 284 g/mol. The van der Waals surface area contributed by atoms with Crippen molar-refractivity contribution in [3.63, 3.8) is 0 Å². The molecule has 0 fully saturated rings. The molecule has 0 unspecified atom stereocenters. The van der Waals surface area contributed by atoms with E-state index in [1.54, 1.807) is 32.0 Å². The summed E-state index contributed by atoms with van der Waals surface area (Å²) in [6.07, 6.45) is 0.413. The summed E-state index contributed by atoms with van der Waals surface area (Å²) in [6, 6.07) is 6.74. The van der Waals surface area contributed by atoms with Crippen LogP contribution in [0.25, 0.3) is 0 Å². The van der Waals surface area contributed by atoms with Gasteiger partial charge in [-0.1, -0.05) is 6.07 Å². The Morgan fingerprint density at radius 1 is 1.32 bits per heavy atom. The van der Waals surface area contributed by atoms with E-state index in [0.29, 0.717) is 17.9 Å². The zero-order valence-electron chi connectivity index (χ0n) is 13.5. The van der Waals surface area contributed by atoms with Crippen LogP contribution >= 0.6 is 0 Å². The number of carbonyl (C=O) groups excluding carboxylic acids is 1. The molecule has 6 heteroatoms. The van der Waals surface area contributed by atoms with Crippen LogP contribution < -0.4 is 15.4 Å². The Kier molecular flexibility index (Phi) is 6.22. The van der Waals surface area contributed by atoms with Crippen LogP contribution in [0.4, 0.5) is 10.5 Å². The lowest BCUT2D eigenvalue weighted by Gasteiger charge is -2.25. The van der Waals surface area contributed by atoms with Gasteiger partial charge in [-0.3, -0.25) is 4.79 Å². The first-order valence-electron chi connectivity index (χ1n) is 7.25. The smallest absolute Gasteiger partial charge is 0.319 e. The van der Waals surface area contributed by atoms with Crippen molar-refractivity contribution < 1.29 is 19.4 Å². The summed E-state index contributed by atoms with van der Waals surface area (Å²) in [5.41, 5.74) is 0.0128. The molecule has 22 heavy (non-hydrogen) atoms. The number of carboxylic acids is 1. The normalized spacial score (nSPS) is 11.1. The predicted octanol–water partition coefficient (Wildman–Crippen LogP) is 3.24. The van der Waals surface area contributed by atoms with Gasteiger partial charge in [-0.2, -0.15) is 0 Å². The second-order valence-electron chi connectivity index (χ2n) is 6.05. The van der Waals surface area contributed by atoms with E-state index < -0.39 is 11.5 Å². The molecule has 6 nitrogen and oxygen atoms in total. The van der Waals surface area contributed by atoms with Crippen molar-refractivity contribution in [2.75, 3.05) is 5.32 Å². The van der Waals surface area contributed by atoms with E-state index in [-0.39, 0.29) is 18.6 Å². The van der Waals surface area contributed by atoms with Crippen LogP contribution in [0.3, 0.4) is 0 Å². The van der Waals surface area contributed by atoms with Crippen molar-refractivity contribution in [2.24, 2.45) is 0 Å². The fourth-order valence-corrected chi connectivity index (χ4v) is 1.87. The van der Waals surface area contributed by atoms with Gasteiger partial charge >= 0.3 is 12.0 Å². The number of anilines is 1. The third-order valence-corrected chi connectivity index (χ3v) is 2.88. The van der Waals surface area contributed by atoms with Crippen molar-refractivity contribution in [3.05, 3.63) is 24.3 Å². The molecule has 0 spiro atoms. The summed E-state index contributed by atoms with van der Waals surface area (Å²) < 4.78 is 5.57. The van der Waals surface area contributed by atoms with Gasteiger partial charge < -0.3 is 20.5 Å². The third-order valence-electron chi connectivity index (χ3n) is 2.88. The average molecular weight is 308 g/mol. The standard InChI is InChI=1S/C16H24N2O4/c1-11(2)22-13-7-5-6-12(10-13)17-15(21)18-16(3,4)9-8-14(19)20/h5-7,10-11H,8-9H2,1-4H3,(H,19,20)(H2,17,18,21). The number of benzene rings is 1. The Bertz CT molecular complexity index is 527. The molecule has 0 radical (unpaired) electrons. The summed E-state index contributed by atoms with van der Waals surface area (Å²) >= 11 is 0. The Labute approximate surface area is 130 Å². The summed E-state index contributed by atoms with van der Waals surface area (Å²) in [4.78, 5) is 22.6. The molecule has 0 bridgehead atoms. The number of carboxylic acid groups (broad SMARTS) is 1. The summed E-state index contributed by atoms with van der Waals surface area (Å²) in [5, 5.41) is 14.2. The van der Waals surface area contributed by atoms with E-state index in [9.17, 15) is 9.59 Å². The van der Waals surface area contributed by atoms with Gasteiger partial charge in [0.25, 0.3) is 0 Å². The van der Waals surface area contributed by atoms with Crippen LogP contribution in [0.2, 0.25) is 0 Å². The van der Waals surface area contributed by atoms with Crippen LogP contribution in [0.5, 0.6) is 5.75 Å². The van der Waals surface area contributed by atoms with E-state index in [1.165, 1.54) is 0 Å². The molecule has 0 atom stereocenters. The molecular formula is C16H24N2O4. The predicted molar refractivity (Wildman–Crippen MR) is 85.3 cm³/mol. The summed E-state index contributed by atoms with van der Waals surface area (Å²) in [7, 11) is 0. The highest BCUT2D eigenvalue weighted by Crippen LogP contribution is 2.19. The Balaban J connectivity index is 2.59. The minimum absolute atomic E-state index is 0.00495. The maximum absolute atomic E-state index is 12.0. The largest absolute Gasteiger partial charge is 0.491 e. The molecule has 0 aromatic heterocycles. The van der Waals surface area contributed by atoms with Crippen LogP contribution in [-0.4, -0.2) is 28.7 Å². The molecule has 0 saturated heterocycles. The lowest BCUT2D eigenvalue weighted by atomic mass is 9.99. The van der Waals surface area contributed by atoms with E-state index in [4.69, 9.17) is 9.84 Å². The molecule has 0 saturated carbocycles. The molecule has 1 aromatic carbocycles. The highest BCUT2D eigenvalue weighted by molar-refractivity contribution is 5.89. The molecule has 0 aliphatic carbocycles. The number of ether oxygens (including phenoxy) is 1. The fraction of sp³-hybridized carbons (Fsp3) is 0.500. The van der Waals surface area contributed by atoms with Crippen LogP contribution in [-0.2, 0) is 4.79 Å². The van der Waals surface area contributed by atoms with Crippen molar-refractivity contribution in [1.82, 2.24) is 5.32 Å². The van der Waals surface area contributed by atoms with Gasteiger partial charge in [0.05, 0.1) is 6.10 Å². The second-order valence-corrected chi connectivity index (χ2v) is 6.05. The Morgan fingerprint density at radius 3 is 2.59 bits per heavy atom. The summed E-state index contributed by atoms with van der Waals surface area (Å²) in [6.45, 7) is 7.43. The van der Waals surface area contributed by atoms with Crippen molar-refractivity contribution in [3.8, 4) is 5.75 Å². The first-order valence-corrected chi connectivity index (χ1v) is 7.25. The van der Waals surface area contributed by atoms with E-state index in [0.717, 1.165) is 0 Å². The maximum atomic E-state index is 12.0. The number of amides is 2. The lowest BCUT2D eigenvalue weighted by Crippen LogP contribution is -2.45. The topological polar surface area (TPSA) is 87.7 Å². The zero-order chi connectivity index (χ0) is 16.8. The third kappa shape index (κ3) is 6.97.